The molecule has 0 saturated carbocycles. The standard InChI is InChI=1S/C29H48N2O3/c1-2-3-4-5-6-7-8-9-10-11-12-13-14-15-16-17-21-34-25-28(24-32)31-29(33)27-20-18-19-26(22-27)23-30/h18-20,22,28,32H,2-17,21,24-25H2,1H3,(H,31,33). The number of aliphatic hydroxyl groups is 1. The van der Waals surface area contributed by atoms with Gasteiger partial charge in [0.2, 0.25) is 0 Å². The molecule has 34 heavy (non-hydrogen) atoms. The van der Waals surface area contributed by atoms with Crippen molar-refractivity contribution in [2.45, 2.75) is 116 Å². The largest absolute Gasteiger partial charge is 0.394 e. The van der Waals surface area contributed by atoms with E-state index < -0.39 is 6.04 Å². The van der Waals surface area contributed by atoms with Gasteiger partial charge in [-0.3, -0.25) is 4.79 Å². The van der Waals surface area contributed by atoms with E-state index in [0.29, 0.717) is 24.3 Å². The molecule has 5 heteroatoms. The summed E-state index contributed by atoms with van der Waals surface area (Å²) >= 11 is 0. The summed E-state index contributed by atoms with van der Waals surface area (Å²) in [5.41, 5.74) is 0.850. The summed E-state index contributed by atoms with van der Waals surface area (Å²) in [5.74, 6) is -0.304. The Balaban J connectivity index is 1.91. The third kappa shape index (κ3) is 15.9. The molecule has 0 bridgehead atoms. The minimum absolute atomic E-state index is 0.178. The van der Waals surface area contributed by atoms with Crippen molar-refractivity contribution in [3.05, 3.63) is 35.4 Å². The van der Waals surface area contributed by atoms with Gasteiger partial charge < -0.3 is 15.2 Å². The van der Waals surface area contributed by atoms with Crippen LogP contribution in [0.25, 0.3) is 0 Å². The first-order valence-corrected chi connectivity index (χ1v) is 13.7. The molecular weight excluding hydrogens is 424 g/mol. The fourth-order valence-electron chi connectivity index (χ4n) is 4.12. The third-order valence-corrected chi connectivity index (χ3v) is 6.27. The minimum atomic E-state index is -0.445. The zero-order chi connectivity index (χ0) is 24.7. The van der Waals surface area contributed by atoms with Gasteiger partial charge in [-0.05, 0) is 24.6 Å². The lowest BCUT2D eigenvalue weighted by atomic mass is 10.0. The summed E-state index contributed by atoms with van der Waals surface area (Å²) in [5, 5.41) is 21.2. The Hall–Kier alpha value is -1.90. The van der Waals surface area contributed by atoms with Gasteiger partial charge >= 0.3 is 0 Å². The van der Waals surface area contributed by atoms with E-state index in [2.05, 4.69) is 12.2 Å². The SMILES string of the molecule is CCCCCCCCCCCCCCCCCCOCC(CO)NC(=O)c1cccc(C#N)c1. The van der Waals surface area contributed by atoms with Gasteiger partial charge in [-0.15, -0.1) is 0 Å². The zero-order valence-corrected chi connectivity index (χ0v) is 21.5. The second-order valence-corrected chi connectivity index (χ2v) is 9.42. The van der Waals surface area contributed by atoms with Crippen LogP contribution in [0.2, 0.25) is 0 Å². The number of carbonyl (C=O) groups excluding carboxylic acids is 1. The average molecular weight is 473 g/mol. The summed E-state index contributed by atoms with van der Waals surface area (Å²) in [6.07, 6.45) is 21.5. The smallest absolute Gasteiger partial charge is 0.251 e. The van der Waals surface area contributed by atoms with E-state index in [9.17, 15) is 9.90 Å². The summed E-state index contributed by atoms with van der Waals surface area (Å²) in [6.45, 7) is 3.03. The second kappa shape index (κ2) is 21.6. The van der Waals surface area contributed by atoms with Gasteiger partial charge in [0.05, 0.1) is 30.9 Å². The quantitative estimate of drug-likeness (QED) is 0.179. The third-order valence-electron chi connectivity index (χ3n) is 6.27. The normalized spacial score (nSPS) is 11.8. The molecular formula is C29H48N2O3. The second-order valence-electron chi connectivity index (χ2n) is 9.42. The molecule has 0 aliphatic rings. The van der Waals surface area contributed by atoms with E-state index in [0.717, 1.165) is 12.8 Å². The fraction of sp³-hybridized carbons (Fsp3) is 0.724. The Bertz CT molecular complexity index is 672. The number of hydrogen-bond donors (Lipinski definition) is 2. The Morgan fingerprint density at radius 3 is 1.94 bits per heavy atom. The lowest BCUT2D eigenvalue weighted by molar-refractivity contribution is 0.0718. The van der Waals surface area contributed by atoms with Crippen molar-refractivity contribution in [2.24, 2.45) is 0 Å². The Morgan fingerprint density at radius 2 is 1.44 bits per heavy atom. The van der Waals surface area contributed by atoms with Crippen molar-refractivity contribution in [2.75, 3.05) is 19.8 Å². The highest BCUT2D eigenvalue weighted by Crippen LogP contribution is 2.13. The molecule has 192 valence electrons. The zero-order valence-electron chi connectivity index (χ0n) is 21.5. The van der Waals surface area contributed by atoms with E-state index in [1.165, 1.54) is 89.9 Å². The molecule has 1 aromatic rings. The molecule has 0 fully saturated rings. The topological polar surface area (TPSA) is 82.3 Å². The van der Waals surface area contributed by atoms with Crippen LogP contribution < -0.4 is 5.32 Å². The van der Waals surface area contributed by atoms with Crippen LogP contribution in [-0.2, 0) is 4.74 Å². The molecule has 0 saturated heterocycles. The van der Waals surface area contributed by atoms with Crippen molar-refractivity contribution in [3.8, 4) is 6.07 Å². The van der Waals surface area contributed by atoms with E-state index in [1.54, 1.807) is 24.3 Å². The predicted octanol–water partition coefficient (Wildman–Crippen LogP) is 6.93. The number of hydrogen-bond acceptors (Lipinski definition) is 4. The first kappa shape index (κ1) is 30.1. The van der Waals surface area contributed by atoms with Gasteiger partial charge in [-0.25, -0.2) is 0 Å². The Labute approximate surface area is 208 Å². The maximum Gasteiger partial charge on any atom is 0.251 e. The summed E-state index contributed by atoms with van der Waals surface area (Å²) in [4.78, 5) is 12.3. The van der Waals surface area contributed by atoms with Crippen LogP contribution in [0.3, 0.4) is 0 Å². The van der Waals surface area contributed by atoms with E-state index in [4.69, 9.17) is 10.00 Å². The number of benzene rings is 1. The molecule has 0 spiro atoms. The first-order valence-electron chi connectivity index (χ1n) is 13.7. The van der Waals surface area contributed by atoms with Gasteiger partial charge in [-0.2, -0.15) is 5.26 Å². The molecule has 0 heterocycles. The highest BCUT2D eigenvalue weighted by molar-refractivity contribution is 5.94. The summed E-state index contributed by atoms with van der Waals surface area (Å²) in [7, 11) is 0. The summed E-state index contributed by atoms with van der Waals surface area (Å²) < 4.78 is 5.66. The number of nitrogens with one attached hydrogen (secondary N) is 1. The number of nitrogens with zero attached hydrogens (tertiary/aromatic N) is 1. The molecule has 1 atom stereocenters. The molecule has 1 rings (SSSR count). The van der Waals surface area contributed by atoms with Gasteiger partial charge in [0.1, 0.15) is 0 Å². The number of rotatable bonds is 22. The van der Waals surface area contributed by atoms with Gasteiger partial charge in [-0.1, -0.05) is 109 Å². The lowest BCUT2D eigenvalue weighted by Crippen LogP contribution is -2.41. The van der Waals surface area contributed by atoms with Crippen LogP contribution >= 0.6 is 0 Å². The first-order chi connectivity index (χ1) is 16.7. The predicted molar refractivity (Wildman–Crippen MR) is 140 cm³/mol. The van der Waals surface area contributed by atoms with Crippen molar-refractivity contribution in [3.63, 3.8) is 0 Å². The summed E-state index contributed by atoms with van der Waals surface area (Å²) in [6, 6.07) is 8.11. The van der Waals surface area contributed by atoms with Crippen LogP contribution in [0.5, 0.6) is 0 Å². The molecule has 0 aliphatic carbocycles. The highest BCUT2D eigenvalue weighted by Gasteiger charge is 2.13. The van der Waals surface area contributed by atoms with Crippen LogP contribution in [0.1, 0.15) is 126 Å². The van der Waals surface area contributed by atoms with Crippen LogP contribution in [0.15, 0.2) is 24.3 Å². The molecule has 1 aromatic carbocycles. The van der Waals surface area contributed by atoms with Crippen LogP contribution in [0, 0.1) is 11.3 Å². The van der Waals surface area contributed by atoms with E-state index in [1.807, 2.05) is 6.07 Å². The van der Waals surface area contributed by atoms with E-state index >= 15 is 0 Å². The minimum Gasteiger partial charge on any atom is -0.394 e. The van der Waals surface area contributed by atoms with Gasteiger partial charge in [0.15, 0.2) is 0 Å². The molecule has 0 aromatic heterocycles. The number of unbranched alkanes of at least 4 members (excludes halogenated alkanes) is 15. The maximum atomic E-state index is 12.3. The number of nitriles is 1. The Kier molecular flexibility index (Phi) is 19.2. The number of ether oxygens (including phenoxy) is 1. The maximum absolute atomic E-state index is 12.3. The molecule has 5 nitrogen and oxygen atoms in total. The molecule has 1 amide bonds. The van der Waals surface area contributed by atoms with Crippen molar-refractivity contribution in [1.82, 2.24) is 5.32 Å². The lowest BCUT2D eigenvalue weighted by Gasteiger charge is -2.16. The number of amides is 1. The van der Waals surface area contributed by atoms with Gasteiger partial charge in [0.25, 0.3) is 5.91 Å². The molecule has 0 radical (unpaired) electrons. The van der Waals surface area contributed by atoms with E-state index in [-0.39, 0.29) is 12.5 Å². The molecule has 0 aliphatic heterocycles. The fourth-order valence-corrected chi connectivity index (χ4v) is 4.12. The van der Waals surface area contributed by atoms with Crippen LogP contribution in [-0.4, -0.2) is 36.9 Å². The van der Waals surface area contributed by atoms with Crippen LogP contribution in [0.4, 0.5) is 0 Å². The van der Waals surface area contributed by atoms with Crippen molar-refractivity contribution in [1.29, 1.82) is 5.26 Å². The molecule has 2 N–H and O–H groups in total. The van der Waals surface area contributed by atoms with Crippen molar-refractivity contribution < 1.29 is 14.6 Å². The monoisotopic (exact) mass is 472 g/mol. The number of carbonyl (C=O) groups is 1. The average Bonchev–Trinajstić information content (AvgIpc) is 2.87. The van der Waals surface area contributed by atoms with Crippen molar-refractivity contribution >= 4 is 5.91 Å². The van der Waals surface area contributed by atoms with Gasteiger partial charge in [0, 0.05) is 12.2 Å². The molecule has 1 unspecified atom stereocenters. The number of aliphatic hydroxyl groups excluding tert-OH is 1. The Morgan fingerprint density at radius 1 is 0.912 bits per heavy atom. The highest BCUT2D eigenvalue weighted by atomic mass is 16.5.